The molecule has 0 aliphatic carbocycles. The van der Waals surface area contributed by atoms with E-state index in [9.17, 15) is 22.9 Å². The van der Waals surface area contributed by atoms with E-state index in [2.05, 4.69) is 6.92 Å². The molecule has 0 aromatic carbocycles. The average molecular weight is 430 g/mol. The zero-order valence-corrected chi connectivity index (χ0v) is 21.1. The van der Waals surface area contributed by atoms with Gasteiger partial charge in [0.25, 0.3) is 0 Å². The third-order valence-electron chi connectivity index (χ3n) is 4.80. The second-order valence-electron chi connectivity index (χ2n) is 7.65. The molecule has 0 radical (unpaired) electrons. The molecule has 0 aromatic heterocycles. The second-order valence-corrected chi connectivity index (χ2v) is 9.09. The van der Waals surface area contributed by atoms with E-state index in [4.69, 9.17) is 0 Å². The summed E-state index contributed by atoms with van der Waals surface area (Å²) in [6.07, 6.45) is 15.2. The number of carbonyl (C=O) groups excluding carboxylic acids is 1. The number of likely N-dealkylation sites (N-methyl/N-ethyl adjacent to an activating group) is 1. The first-order chi connectivity index (χ1) is 12.8. The summed E-state index contributed by atoms with van der Waals surface area (Å²) in [7, 11) is -2.96. The molecule has 1 atom stereocenters. The van der Waals surface area contributed by atoms with Crippen LogP contribution in [-0.2, 0) is 14.9 Å². The van der Waals surface area contributed by atoms with Crippen LogP contribution in [0.2, 0.25) is 0 Å². The predicted molar refractivity (Wildman–Crippen MR) is 109 cm³/mol. The Morgan fingerprint density at radius 3 is 1.68 bits per heavy atom. The predicted octanol–water partition coefficient (Wildman–Crippen LogP) is 0.836. The Morgan fingerprint density at radius 1 is 0.893 bits per heavy atom. The Bertz CT molecular complexity index is 473. The fourth-order valence-electron chi connectivity index (χ4n) is 3.19. The minimum atomic E-state index is -4.47. The van der Waals surface area contributed by atoms with Gasteiger partial charge >= 0.3 is 29.6 Å². The number of hydrogen-bond acceptors (Lipinski definition) is 5. The molecule has 0 aliphatic heterocycles. The molecule has 0 saturated carbocycles. The van der Waals surface area contributed by atoms with Gasteiger partial charge in [0.2, 0.25) is 5.91 Å². The van der Waals surface area contributed by atoms with Crippen molar-refractivity contribution in [2.45, 2.75) is 103 Å². The fraction of sp³-hybridized carbons (Fsp3) is 0.950. The molecule has 28 heavy (non-hydrogen) atoms. The van der Waals surface area contributed by atoms with Crippen molar-refractivity contribution in [3.05, 3.63) is 0 Å². The van der Waals surface area contributed by atoms with Crippen LogP contribution in [0.5, 0.6) is 0 Å². The van der Waals surface area contributed by atoms with E-state index in [1.165, 1.54) is 76.2 Å². The third kappa shape index (κ3) is 21.1. The van der Waals surface area contributed by atoms with Crippen LogP contribution >= 0.6 is 0 Å². The summed E-state index contributed by atoms with van der Waals surface area (Å²) in [5.74, 6) is -0.982. The minimum Gasteiger partial charge on any atom is -0.748 e. The number of aliphatic hydroxyl groups is 1. The molecule has 0 aromatic rings. The fourth-order valence-corrected chi connectivity index (χ4v) is 3.77. The van der Waals surface area contributed by atoms with Gasteiger partial charge < -0.3 is 14.6 Å². The van der Waals surface area contributed by atoms with E-state index in [0.717, 1.165) is 19.3 Å². The Hall–Kier alpha value is 0.340. The standard InChI is InChI=1S/C20H41NO5S.Na/c1-3-4-5-6-7-8-9-10-11-12-13-14-15-16-20(23)21(2)17-19(22)18-27(24,25)26;/h19,22H,3-18H2,1-2H3,(H,24,25,26);/q;+1/p-1. The van der Waals surface area contributed by atoms with E-state index in [-0.39, 0.29) is 42.0 Å². The monoisotopic (exact) mass is 429 g/mol. The summed E-state index contributed by atoms with van der Waals surface area (Å²) in [5.41, 5.74) is 0. The third-order valence-corrected chi connectivity index (χ3v) is 5.59. The van der Waals surface area contributed by atoms with Crippen LogP contribution in [0.15, 0.2) is 0 Å². The molecule has 8 heteroatoms. The molecule has 1 N–H and O–H groups in total. The number of amides is 1. The van der Waals surface area contributed by atoms with E-state index in [1.54, 1.807) is 0 Å². The van der Waals surface area contributed by atoms with Gasteiger partial charge in [-0.2, -0.15) is 0 Å². The van der Waals surface area contributed by atoms with Crippen LogP contribution in [0.25, 0.3) is 0 Å². The van der Waals surface area contributed by atoms with E-state index >= 15 is 0 Å². The molecule has 0 fully saturated rings. The van der Waals surface area contributed by atoms with Gasteiger partial charge in [-0.3, -0.25) is 4.79 Å². The average Bonchev–Trinajstić information content (AvgIpc) is 2.57. The summed E-state index contributed by atoms with van der Waals surface area (Å²) in [4.78, 5) is 13.2. The maximum absolute atomic E-state index is 11.9. The number of nitrogens with zero attached hydrogens (tertiary/aromatic N) is 1. The first-order valence-corrected chi connectivity index (χ1v) is 12.2. The topological polar surface area (TPSA) is 97.7 Å². The first-order valence-electron chi connectivity index (χ1n) is 10.6. The van der Waals surface area contributed by atoms with Crippen LogP contribution < -0.4 is 29.6 Å². The van der Waals surface area contributed by atoms with Gasteiger partial charge in [0.05, 0.1) is 22.0 Å². The number of unbranched alkanes of at least 4 members (excludes halogenated alkanes) is 12. The normalized spacial score (nSPS) is 12.4. The first kappa shape index (κ1) is 30.5. The molecule has 162 valence electrons. The molecule has 1 amide bonds. The van der Waals surface area contributed by atoms with Crippen molar-refractivity contribution in [2.75, 3.05) is 19.3 Å². The van der Waals surface area contributed by atoms with Crippen LogP contribution in [0.3, 0.4) is 0 Å². The number of rotatable bonds is 18. The Morgan fingerprint density at radius 2 is 1.29 bits per heavy atom. The summed E-state index contributed by atoms with van der Waals surface area (Å²) < 4.78 is 31.7. The molecule has 0 aliphatic rings. The van der Waals surface area contributed by atoms with Crippen molar-refractivity contribution in [3.63, 3.8) is 0 Å². The molecule has 0 rings (SSSR count). The smallest absolute Gasteiger partial charge is 0.748 e. The maximum atomic E-state index is 11.9. The van der Waals surface area contributed by atoms with Crippen molar-refractivity contribution < 1.29 is 52.4 Å². The van der Waals surface area contributed by atoms with Crippen molar-refractivity contribution in [1.82, 2.24) is 4.90 Å². The van der Waals surface area contributed by atoms with Crippen LogP contribution in [0.1, 0.15) is 96.8 Å². The van der Waals surface area contributed by atoms with Crippen LogP contribution in [-0.4, -0.2) is 54.3 Å². The largest absolute Gasteiger partial charge is 1.00 e. The summed E-state index contributed by atoms with van der Waals surface area (Å²) in [5, 5.41) is 9.52. The van der Waals surface area contributed by atoms with Crippen molar-refractivity contribution >= 4 is 16.0 Å². The van der Waals surface area contributed by atoms with Crippen molar-refractivity contribution in [3.8, 4) is 0 Å². The molecule has 0 spiro atoms. The number of aliphatic hydroxyl groups excluding tert-OH is 1. The van der Waals surface area contributed by atoms with Crippen LogP contribution in [0.4, 0.5) is 0 Å². The molecule has 6 nitrogen and oxygen atoms in total. The van der Waals surface area contributed by atoms with E-state index in [1.807, 2.05) is 0 Å². The molecule has 0 saturated heterocycles. The van der Waals surface area contributed by atoms with Gasteiger partial charge in [-0.15, -0.1) is 0 Å². The molecule has 0 bridgehead atoms. The Balaban J connectivity index is 0. The summed E-state index contributed by atoms with van der Waals surface area (Å²) in [6, 6.07) is 0. The Kier molecular flexibility index (Phi) is 21.1. The van der Waals surface area contributed by atoms with Gasteiger partial charge in [0.15, 0.2) is 0 Å². The van der Waals surface area contributed by atoms with Gasteiger partial charge in [-0.1, -0.05) is 84.0 Å². The summed E-state index contributed by atoms with van der Waals surface area (Å²) >= 11 is 0. The molecule has 1 unspecified atom stereocenters. The van der Waals surface area contributed by atoms with Gasteiger partial charge in [-0.05, 0) is 6.42 Å². The van der Waals surface area contributed by atoms with E-state index < -0.39 is 22.0 Å². The van der Waals surface area contributed by atoms with Crippen molar-refractivity contribution in [2.24, 2.45) is 0 Å². The zero-order chi connectivity index (χ0) is 20.5. The number of hydrogen-bond donors (Lipinski definition) is 1. The van der Waals surface area contributed by atoms with Crippen molar-refractivity contribution in [1.29, 1.82) is 0 Å². The SMILES string of the molecule is CCCCCCCCCCCCCCCC(=O)N(C)CC(O)CS(=O)(=O)[O-].[Na+]. The van der Waals surface area contributed by atoms with Gasteiger partial charge in [0.1, 0.15) is 0 Å². The molecular weight excluding hydrogens is 389 g/mol. The minimum absolute atomic E-state index is 0. The molecule has 0 heterocycles. The quantitative estimate of drug-likeness (QED) is 0.198. The van der Waals surface area contributed by atoms with Crippen LogP contribution in [0, 0.1) is 0 Å². The Labute approximate surface area is 194 Å². The van der Waals surface area contributed by atoms with E-state index in [0.29, 0.717) is 6.42 Å². The summed E-state index contributed by atoms with van der Waals surface area (Å²) in [6.45, 7) is 2.11. The maximum Gasteiger partial charge on any atom is 1.00 e. The second kappa shape index (κ2) is 19.3. The molecular formula is C20H40NNaO5S. The van der Waals surface area contributed by atoms with Gasteiger partial charge in [-0.25, -0.2) is 8.42 Å². The zero-order valence-electron chi connectivity index (χ0n) is 18.3. The number of carbonyl (C=O) groups is 1. The van der Waals surface area contributed by atoms with Gasteiger partial charge in [0, 0.05) is 20.0 Å².